The van der Waals surface area contributed by atoms with Gasteiger partial charge in [-0.2, -0.15) is 0 Å². The second-order valence-corrected chi connectivity index (χ2v) is 6.10. The summed E-state index contributed by atoms with van der Waals surface area (Å²) in [7, 11) is 0. The Balaban J connectivity index is 1.86. The quantitative estimate of drug-likeness (QED) is 0.767. The maximum Gasteiger partial charge on any atom is 0.160 e. The number of fused-ring (bicyclic) bond motifs is 1. The van der Waals surface area contributed by atoms with Crippen LogP contribution in [0.2, 0.25) is 0 Å². The Morgan fingerprint density at radius 1 is 1.50 bits per heavy atom. The minimum Gasteiger partial charge on any atom is -0.310 e. The first-order chi connectivity index (χ1) is 9.70. The van der Waals surface area contributed by atoms with Crippen molar-refractivity contribution in [2.75, 3.05) is 13.1 Å². The molecule has 1 fully saturated rings. The van der Waals surface area contributed by atoms with Crippen LogP contribution in [-0.4, -0.2) is 38.6 Å². The van der Waals surface area contributed by atoms with Crippen molar-refractivity contribution in [2.24, 2.45) is 0 Å². The highest BCUT2D eigenvalue weighted by atomic mass is 35.5. The van der Waals surface area contributed by atoms with Gasteiger partial charge < -0.3 is 4.57 Å². The van der Waals surface area contributed by atoms with Crippen LogP contribution in [0.1, 0.15) is 37.9 Å². The van der Waals surface area contributed by atoms with E-state index >= 15 is 0 Å². The lowest BCUT2D eigenvalue weighted by Crippen LogP contribution is -2.29. The Bertz CT molecular complexity index is 589. The van der Waals surface area contributed by atoms with Crippen LogP contribution in [-0.2, 0) is 6.54 Å². The summed E-state index contributed by atoms with van der Waals surface area (Å²) in [6, 6.07) is 4.71. The van der Waals surface area contributed by atoms with E-state index in [1.54, 1.807) is 0 Å². The predicted octanol–water partition coefficient (Wildman–Crippen LogP) is 3.22. The third kappa shape index (κ3) is 2.67. The van der Waals surface area contributed by atoms with Crippen molar-refractivity contribution in [3.8, 4) is 0 Å². The van der Waals surface area contributed by atoms with Crippen LogP contribution in [0, 0.1) is 0 Å². The summed E-state index contributed by atoms with van der Waals surface area (Å²) >= 11 is 6.28. The number of aromatic nitrogens is 3. The van der Waals surface area contributed by atoms with Crippen molar-refractivity contribution in [1.82, 2.24) is 19.4 Å². The van der Waals surface area contributed by atoms with E-state index in [0.717, 1.165) is 42.7 Å². The molecule has 4 nitrogen and oxygen atoms in total. The Morgan fingerprint density at radius 3 is 2.95 bits per heavy atom. The van der Waals surface area contributed by atoms with Crippen LogP contribution in [0.15, 0.2) is 18.3 Å². The standard InChI is InChI=1S/C15H21ClN4/c1-3-19(12-6-7-12)9-10-20-14(11(2)16)18-13-5-4-8-17-15(13)20/h4-5,8,11-12H,3,6-7,9-10H2,1-2H3. The van der Waals surface area contributed by atoms with E-state index in [0.29, 0.717) is 0 Å². The van der Waals surface area contributed by atoms with Gasteiger partial charge in [-0.25, -0.2) is 9.97 Å². The number of imidazole rings is 1. The number of hydrogen-bond donors (Lipinski definition) is 0. The number of hydrogen-bond acceptors (Lipinski definition) is 3. The van der Waals surface area contributed by atoms with Crippen LogP contribution in [0.5, 0.6) is 0 Å². The Hall–Kier alpha value is -1.13. The predicted molar refractivity (Wildman–Crippen MR) is 82.1 cm³/mol. The summed E-state index contributed by atoms with van der Waals surface area (Å²) in [6.07, 6.45) is 4.51. The highest BCUT2D eigenvalue weighted by molar-refractivity contribution is 6.20. The van der Waals surface area contributed by atoms with Gasteiger partial charge in [-0.1, -0.05) is 6.92 Å². The summed E-state index contributed by atoms with van der Waals surface area (Å²) < 4.78 is 2.18. The van der Waals surface area contributed by atoms with Gasteiger partial charge in [-0.05, 0) is 38.4 Å². The van der Waals surface area contributed by atoms with Gasteiger partial charge in [0.15, 0.2) is 5.65 Å². The van der Waals surface area contributed by atoms with Gasteiger partial charge in [0.1, 0.15) is 11.3 Å². The minimum atomic E-state index is -0.0970. The maximum absolute atomic E-state index is 6.28. The summed E-state index contributed by atoms with van der Waals surface area (Å²) in [5, 5.41) is -0.0970. The third-order valence-electron chi connectivity index (χ3n) is 3.97. The van der Waals surface area contributed by atoms with Gasteiger partial charge in [0.2, 0.25) is 0 Å². The fourth-order valence-corrected chi connectivity index (χ4v) is 2.93. The van der Waals surface area contributed by atoms with E-state index in [4.69, 9.17) is 11.6 Å². The van der Waals surface area contributed by atoms with Crippen LogP contribution in [0.25, 0.3) is 11.2 Å². The molecule has 0 spiro atoms. The molecule has 3 rings (SSSR count). The van der Waals surface area contributed by atoms with Crippen LogP contribution in [0.3, 0.4) is 0 Å². The first-order valence-electron chi connectivity index (χ1n) is 7.40. The van der Waals surface area contributed by atoms with Crippen LogP contribution in [0.4, 0.5) is 0 Å². The van der Waals surface area contributed by atoms with Crippen molar-refractivity contribution < 1.29 is 0 Å². The molecule has 0 radical (unpaired) electrons. The molecule has 2 aromatic rings. The smallest absolute Gasteiger partial charge is 0.160 e. The Labute approximate surface area is 124 Å². The fourth-order valence-electron chi connectivity index (χ4n) is 2.77. The van der Waals surface area contributed by atoms with E-state index in [1.165, 1.54) is 12.8 Å². The fraction of sp³-hybridized carbons (Fsp3) is 0.600. The molecule has 0 bridgehead atoms. The summed E-state index contributed by atoms with van der Waals surface area (Å²) in [5.74, 6) is 0.923. The third-order valence-corrected chi connectivity index (χ3v) is 4.16. The molecular formula is C15H21ClN4. The molecule has 5 heteroatoms. The Morgan fingerprint density at radius 2 is 2.30 bits per heavy atom. The molecule has 1 saturated carbocycles. The van der Waals surface area contributed by atoms with Crippen molar-refractivity contribution >= 4 is 22.8 Å². The van der Waals surface area contributed by atoms with Crippen molar-refractivity contribution in [3.05, 3.63) is 24.2 Å². The average molecular weight is 293 g/mol. The van der Waals surface area contributed by atoms with Gasteiger partial charge in [0, 0.05) is 25.3 Å². The van der Waals surface area contributed by atoms with Crippen molar-refractivity contribution in [2.45, 2.75) is 44.7 Å². The molecule has 0 aromatic carbocycles. The molecular weight excluding hydrogens is 272 g/mol. The summed E-state index contributed by atoms with van der Waals surface area (Å²) in [4.78, 5) is 11.6. The second-order valence-electron chi connectivity index (χ2n) is 5.44. The molecule has 1 aliphatic carbocycles. The molecule has 2 aromatic heterocycles. The SMILES string of the molecule is CCN(CCn1c(C(C)Cl)nc2cccnc21)C1CC1. The Kier molecular flexibility index (Phi) is 3.94. The number of nitrogens with zero attached hydrogens (tertiary/aromatic N) is 4. The van der Waals surface area contributed by atoms with Gasteiger partial charge in [0.05, 0.1) is 5.38 Å². The molecule has 0 N–H and O–H groups in total. The zero-order chi connectivity index (χ0) is 14.1. The van der Waals surface area contributed by atoms with Crippen molar-refractivity contribution in [3.63, 3.8) is 0 Å². The zero-order valence-electron chi connectivity index (χ0n) is 12.1. The average Bonchev–Trinajstić information content (AvgIpc) is 3.21. The first kappa shape index (κ1) is 13.8. The topological polar surface area (TPSA) is 34.0 Å². The zero-order valence-corrected chi connectivity index (χ0v) is 12.8. The molecule has 1 aliphatic rings. The summed E-state index contributed by atoms with van der Waals surface area (Å²) in [6.45, 7) is 7.26. The first-order valence-corrected chi connectivity index (χ1v) is 7.83. The number of alkyl halides is 1. The minimum absolute atomic E-state index is 0.0970. The molecule has 108 valence electrons. The van der Waals surface area contributed by atoms with E-state index in [-0.39, 0.29) is 5.38 Å². The van der Waals surface area contributed by atoms with Gasteiger partial charge in [-0.15, -0.1) is 11.6 Å². The van der Waals surface area contributed by atoms with E-state index in [1.807, 2.05) is 25.3 Å². The number of halogens is 1. The van der Waals surface area contributed by atoms with Gasteiger partial charge in [0.25, 0.3) is 0 Å². The van der Waals surface area contributed by atoms with Gasteiger partial charge in [-0.3, -0.25) is 4.90 Å². The summed E-state index contributed by atoms with van der Waals surface area (Å²) in [5.41, 5.74) is 1.88. The lowest BCUT2D eigenvalue weighted by atomic mass is 10.4. The van der Waals surface area contributed by atoms with Crippen molar-refractivity contribution in [1.29, 1.82) is 0 Å². The monoisotopic (exact) mass is 292 g/mol. The molecule has 1 unspecified atom stereocenters. The number of likely N-dealkylation sites (N-methyl/N-ethyl adjacent to an activating group) is 1. The molecule has 2 heterocycles. The lowest BCUT2D eigenvalue weighted by Gasteiger charge is -2.21. The highest BCUT2D eigenvalue weighted by Crippen LogP contribution is 2.27. The lowest BCUT2D eigenvalue weighted by molar-refractivity contribution is 0.266. The molecule has 0 amide bonds. The van der Waals surface area contributed by atoms with E-state index < -0.39 is 0 Å². The van der Waals surface area contributed by atoms with Crippen LogP contribution < -0.4 is 0 Å². The molecule has 0 aliphatic heterocycles. The number of rotatable bonds is 6. The van der Waals surface area contributed by atoms with Crippen LogP contribution >= 0.6 is 11.6 Å². The largest absolute Gasteiger partial charge is 0.310 e. The molecule has 0 saturated heterocycles. The maximum atomic E-state index is 6.28. The van der Waals surface area contributed by atoms with E-state index in [9.17, 15) is 0 Å². The normalized spacial score (nSPS) is 17.0. The molecule has 1 atom stereocenters. The highest BCUT2D eigenvalue weighted by Gasteiger charge is 2.27. The second kappa shape index (κ2) is 5.70. The van der Waals surface area contributed by atoms with E-state index in [2.05, 4.69) is 26.4 Å². The molecule has 20 heavy (non-hydrogen) atoms. The number of pyridine rings is 1. The van der Waals surface area contributed by atoms with Gasteiger partial charge >= 0.3 is 0 Å².